The van der Waals surface area contributed by atoms with Crippen LogP contribution in [-0.2, 0) is 0 Å². The maximum absolute atomic E-state index is 11.1. The Bertz CT molecular complexity index is 403. The summed E-state index contributed by atoms with van der Waals surface area (Å²) in [5.41, 5.74) is 0. The molecular weight excluding hydrogens is 344 g/mol. The van der Waals surface area contributed by atoms with Crippen molar-refractivity contribution in [3.05, 3.63) is 40.5 Å². The molecular formula is C8H14N4O8S2. The van der Waals surface area contributed by atoms with Crippen LogP contribution in [0.4, 0.5) is 0 Å². The summed E-state index contributed by atoms with van der Waals surface area (Å²) in [6.07, 6.45) is -0.898. The molecule has 0 spiro atoms. The molecule has 0 aromatic heterocycles. The van der Waals surface area contributed by atoms with Crippen molar-refractivity contribution in [2.75, 3.05) is 0 Å². The highest BCUT2D eigenvalue weighted by atomic mass is 33.1. The van der Waals surface area contributed by atoms with Crippen LogP contribution in [0.1, 0.15) is 39.5 Å². The second-order valence-electron chi connectivity index (χ2n) is 4.18. The molecule has 0 amide bonds. The third-order valence-electron chi connectivity index (χ3n) is 2.60. The van der Waals surface area contributed by atoms with E-state index in [0.717, 1.165) is 0 Å². The van der Waals surface area contributed by atoms with E-state index < -0.39 is 42.5 Å². The second-order valence-corrected chi connectivity index (χ2v) is 6.82. The van der Waals surface area contributed by atoms with E-state index in [0.29, 0.717) is 0 Å². The summed E-state index contributed by atoms with van der Waals surface area (Å²) < 4.78 is 0. The molecule has 0 aliphatic heterocycles. The van der Waals surface area contributed by atoms with Crippen LogP contribution < -0.4 is 0 Å². The quantitative estimate of drug-likeness (QED) is 0.231. The first kappa shape index (κ1) is 20.3. The predicted octanol–water partition coefficient (Wildman–Crippen LogP) is 2.38. The van der Waals surface area contributed by atoms with Crippen LogP contribution in [0.15, 0.2) is 0 Å². The lowest BCUT2D eigenvalue weighted by molar-refractivity contribution is -0.764. The third-order valence-corrected chi connectivity index (χ3v) is 6.07. The molecule has 0 saturated carbocycles. The summed E-state index contributed by atoms with van der Waals surface area (Å²) in [4.78, 5) is 34.0. The van der Waals surface area contributed by atoms with Gasteiger partial charge in [-0.3, -0.25) is 40.5 Å². The molecule has 0 saturated heterocycles. The van der Waals surface area contributed by atoms with Gasteiger partial charge in [0.25, 0.3) is 0 Å². The fraction of sp³-hybridized carbons (Fsp3) is 1.00. The van der Waals surface area contributed by atoms with Crippen LogP contribution in [0.2, 0.25) is 0 Å². The molecule has 0 N–H and O–H groups in total. The standard InChI is InChI=1S/C8H14N4O8S2/c1-3-5-7(9(13)14,10(15)16)21-22-8(6-4-2,11(17)18)12(19)20/h3-6H2,1-2H3. The number of nitrogens with zero attached hydrogens (tertiary/aromatic N) is 4. The van der Waals surface area contributed by atoms with E-state index in [9.17, 15) is 40.5 Å². The zero-order chi connectivity index (χ0) is 17.6. The number of hydrogen-bond donors (Lipinski definition) is 0. The first-order valence-corrected chi connectivity index (χ1v) is 8.20. The van der Waals surface area contributed by atoms with E-state index >= 15 is 0 Å². The Morgan fingerprint density at radius 2 is 0.909 bits per heavy atom. The van der Waals surface area contributed by atoms with Crippen LogP contribution >= 0.6 is 21.6 Å². The lowest BCUT2D eigenvalue weighted by Crippen LogP contribution is -2.46. The summed E-state index contributed by atoms with van der Waals surface area (Å²) >= 11 is 0. The van der Waals surface area contributed by atoms with E-state index in [1.165, 1.54) is 13.8 Å². The summed E-state index contributed by atoms with van der Waals surface area (Å²) in [7, 11) is -0.103. The minimum absolute atomic E-state index is 0.0515. The van der Waals surface area contributed by atoms with Gasteiger partial charge in [0.05, 0.1) is 21.6 Å². The van der Waals surface area contributed by atoms with Gasteiger partial charge in [0.1, 0.15) is 32.5 Å². The first-order chi connectivity index (χ1) is 10.1. The minimum Gasteiger partial charge on any atom is -0.258 e. The maximum atomic E-state index is 11.1. The van der Waals surface area contributed by atoms with Gasteiger partial charge in [-0.2, -0.15) is 0 Å². The molecule has 0 aliphatic rings. The fourth-order valence-corrected chi connectivity index (χ4v) is 4.60. The van der Waals surface area contributed by atoms with Gasteiger partial charge in [-0.15, -0.1) is 0 Å². The molecule has 126 valence electrons. The summed E-state index contributed by atoms with van der Waals surface area (Å²) in [6.45, 7) is 2.93. The summed E-state index contributed by atoms with van der Waals surface area (Å²) in [6, 6.07) is 0. The van der Waals surface area contributed by atoms with E-state index in [-0.39, 0.29) is 34.4 Å². The largest absolute Gasteiger partial charge is 0.515 e. The molecule has 0 fully saturated rings. The van der Waals surface area contributed by atoms with Crippen molar-refractivity contribution in [1.82, 2.24) is 0 Å². The van der Waals surface area contributed by atoms with Gasteiger partial charge >= 0.3 is 9.99 Å². The Labute approximate surface area is 132 Å². The normalized spacial score (nSPS) is 11.9. The van der Waals surface area contributed by atoms with Crippen molar-refractivity contribution < 1.29 is 19.7 Å². The summed E-state index contributed by atoms with van der Waals surface area (Å²) in [5.74, 6) is 0. The van der Waals surface area contributed by atoms with Crippen molar-refractivity contribution in [3.8, 4) is 0 Å². The van der Waals surface area contributed by atoms with E-state index in [4.69, 9.17) is 0 Å². The SMILES string of the molecule is CCCC(SSC(CCC)([N+](=O)[O-])[N+](=O)[O-])([N+](=O)[O-])[N+](=O)[O-]. The van der Waals surface area contributed by atoms with Crippen molar-refractivity contribution in [2.24, 2.45) is 0 Å². The number of rotatable bonds is 11. The van der Waals surface area contributed by atoms with E-state index in [1.807, 2.05) is 0 Å². The van der Waals surface area contributed by atoms with Gasteiger partial charge in [0, 0.05) is 0 Å². The predicted molar refractivity (Wildman–Crippen MR) is 78.4 cm³/mol. The van der Waals surface area contributed by atoms with Crippen molar-refractivity contribution >= 4 is 21.6 Å². The number of nitro groups is 4. The Morgan fingerprint density at radius 3 is 1.05 bits per heavy atom. The smallest absolute Gasteiger partial charge is 0.258 e. The van der Waals surface area contributed by atoms with Crippen molar-refractivity contribution in [1.29, 1.82) is 0 Å². The van der Waals surface area contributed by atoms with Gasteiger partial charge in [0.2, 0.25) is 0 Å². The lowest BCUT2D eigenvalue weighted by atomic mass is 10.3. The van der Waals surface area contributed by atoms with E-state index in [1.54, 1.807) is 0 Å². The summed E-state index contributed by atoms with van der Waals surface area (Å²) in [5, 5.41) is 44.2. The van der Waals surface area contributed by atoms with Crippen LogP contribution in [0.25, 0.3) is 0 Å². The van der Waals surface area contributed by atoms with Crippen molar-refractivity contribution in [3.63, 3.8) is 0 Å². The topological polar surface area (TPSA) is 173 Å². The Hall–Kier alpha value is -1.70. The molecule has 0 heterocycles. The van der Waals surface area contributed by atoms with Crippen LogP contribution in [-0.4, -0.2) is 29.7 Å². The number of hydrogen-bond acceptors (Lipinski definition) is 10. The molecule has 0 atom stereocenters. The average molecular weight is 358 g/mol. The van der Waals surface area contributed by atoms with Gasteiger partial charge in [-0.05, 0) is 12.8 Å². The highest BCUT2D eigenvalue weighted by Gasteiger charge is 2.65. The Morgan fingerprint density at radius 1 is 0.682 bits per heavy atom. The fourth-order valence-electron chi connectivity index (χ4n) is 1.49. The van der Waals surface area contributed by atoms with Crippen LogP contribution in [0.5, 0.6) is 0 Å². The van der Waals surface area contributed by atoms with Gasteiger partial charge in [0.15, 0.2) is 0 Å². The molecule has 0 radical (unpaired) electrons. The molecule has 0 bridgehead atoms. The first-order valence-electron chi connectivity index (χ1n) is 6.05. The Kier molecular flexibility index (Phi) is 7.45. The third kappa shape index (κ3) is 3.94. The molecule has 0 aliphatic carbocycles. The zero-order valence-electron chi connectivity index (χ0n) is 11.7. The highest BCUT2D eigenvalue weighted by molar-refractivity contribution is 8.77. The van der Waals surface area contributed by atoms with Gasteiger partial charge < -0.3 is 0 Å². The van der Waals surface area contributed by atoms with Crippen LogP contribution in [0.3, 0.4) is 0 Å². The van der Waals surface area contributed by atoms with E-state index in [2.05, 4.69) is 0 Å². The zero-order valence-corrected chi connectivity index (χ0v) is 13.3. The Balaban J connectivity index is 5.63. The molecule has 0 aromatic rings. The average Bonchev–Trinajstić information content (AvgIpc) is 2.40. The molecule has 0 rings (SSSR count). The second kappa shape index (κ2) is 8.07. The molecule has 14 heteroatoms. The molecule has 0 aromatic carbocycles. The van der Waals surface area contributed by atoms with Crippen molar-refractivity contribution in [2.45, 2.75) is 49.5 Å². The molecule has 12 nitrogen and oxygen atoms in total. The molecule has 0 unspecified atom stereocenters. The monoisotopic (exact) mass is 358 g/mol. The minimum atomic E-state index is -2.76. The maximum Gasteiger partial charge on any atom is 0.515 e. The lowest BCUT2D eigenvalue weighted by Gasteiger charge is -2.18. The van der Waals surface area contributed by atoms with Crippen LogP contribution in [0, 0.1) is 40.5 Å². The molecule has 22 heavy (non-hydrogen) atoms. The highest BCUT2D eigenvalue weighted by Crippen LogP contribution is 2.48. The van der Waals surface area contributed by atoms with Gasteiger partial charge in [-0.1, -0.05) is 13.8 Å². The van der Waals surface area contributed by atoms with Gasteiger partial charge in [-0.25, -0.2) is 0 Å².